The van der Waals surface area contributed by atoms with Crippen molar-refractivity contribution >= 4 is 23.2 Å². The summed E-state index contributed by atoms with van der Waals surface area (Å²) in [6.07, 6.45) is -4.54. The topological polar surface area (TPSA) is 20.2 Å². The average molecular weight is 307 g/mol. The van der Waals surface area contributed by atoms with Crippen molar-refractivity contribution in [1.29, 1.82) is 0 Å². The lowest BCUT2D eigenvalue weighted by atomic mass is 10.0. The van der Waals surface area contributed by atoms with Gasteiger partial charge in [-0.2, -0.15) is 13.2 Å². The quantitative estimate of drug-likeness (QED) is 0.749. The van der Waals surface area contributed by atoms with Crippen molar-refractivity contribution in [2.45, 2.75) is 6.18 Å². The second kappa shape index (κ2) is 4.94. The highest BCUT2D eigenvalue weighted by Crippen LogP contribution is 2.38. The second-order valence-electron chi connectivity index (χ2n) is 3.87. The van der Waals surface area contributed by atoms with Crippen LogP contribution in [0.25, 0.3) is 11.1 Å². The normalized spacial score (nSPS) is 11.6. The number of phenolic OH excluding ortho intramolecular Hbond substituents is 1. The third-order valence-electron chi connectivity index (χ3n) is 2.51. The molecule has 0 aliphatic rings. The monoisotopic (exact) mass is 306 g/mol. The maximum atomic E-state index is 12.7. The van der Waals surface area contributed by atoms with Crippen molar-refractivity contribution in [2.24, 2.45) is 0 Å². The van der Waals surface area contributed by atoms with E-state index in [1.165, 1.54) is 18.2 Å². The van der Waals surface area contributed by atoms with Crippen LogP contribution >= 0.6 is 23.2 Å². The molecule has 0 unspecified atom stereocenters. The molecule has 0 spiro atoms. The van der Waals surface area contributed by atoms with Crippen molar-refractivity contribution in [2.75, 3.05) is 0 Å². The van der Waals surface area contributed by atoms with Gasteiger partial charge in [0.1, 0.15) is 5.75 Å². The molecular weight excluding hydrogens is 300 g/mol. The molecule has 0 aliphatic heterocycles. The van der Waals surface area contributed by atoms with E-state index < -0.39 is 17.5 Å². The van der Waals surface area contributed by atoms with E-state index in [1.807, 2.05) is 0 Å². The standard InChI is InChI=1S/C13H7Cl2F3O/c14-11-3-1-2-10(12(11)15)7-4-8(13(16,17)18)6-9(19)5-7/h1-6,19H. The lowest BCUT2D eigenvalue weighted by Crippen LogP contribution is -2.04. The van der Waals surface area contributed by atoms with Gasteiger partial charge in [0.05, 0.1) is 15.6 Å². The zero-order chi connectivity index (χ0) is 14.2. The van der Waals surface area contributed by atoms with Crippen molar-refractivity contribution in [1.82, 2.24) is 0 Å². The molecule has 0 aromatic heterocycles. The van der Waals surface area contributed by atoms with Crippen LogP contribution in [-0.4, -0.2) is 5.11 Å². The molecule has 0 aliphatic carbocycles. The van der Waals surface area contributed by atoms with Gasteiger partial charge >= 0.3 is 6.18 Å². The fraction of sp³-hybridized carbons (Fsp3) is 0.0769. The van der Waals surface area contributed by atoms with Crippen molar-refractivity contribution in [3.05, 3.63) is 52.0 Å². The van der Waals surface area contributed by atoms with Crippen LogP contribution in [0.5, 0.6) is 5.75 Å². The molecule has 0 saturated carbocycles. The third kappa shape index (κ3) is 2.96. The third-order valence-corrected chi connectivity index (χ3v) is 3.33. The van der Waals surface area contributed by atoms with E-state index in [9.17, 15) is 18.3 Å². The Labute approximate surface area is 117 Å². The van der Waals surface area contributed by atoms with Crippen molar-refractivity contribution in [3.63, 3.8) is 0 Å². The first-order valence-electron chi connectivity index (χ1n) is 5.14. The lowest BCUT2D eigenvalue weighted by Gasteiger charge is -2.11. The van der Waals surface area contributed by atoms with Gasteiger partial charge in [0.25, 0.3) is 0 Å². The summed E-state index contributed by atoms with van der Waals surface area (Å²) in [7, 11) is 0. The minimum atomic E-state index is -4.54. The van der Waals surface area contributed by atoms with Crippen LogP contribution in [0.3, 0.4) is 0 Å². The van der Waals surface area contributed by atoms with E-state index in [0.29, 0.717) is 11.6 Å². The Morgan fingerprint density at radius 1 is 1.00 bits per heavy atom. The second-order valence-corrected chi connectivity index (χ2v) is 4.65. The Hall–Kier alpha value is -1.39. The highest BCUT2D eigenvalue weighted by molar-refractivity contribution is 6.43. The molecule has 0 bridgehead atoms. The summed E-state index contributed by atoms with van der Waals surface area (Å²) in [5.41, 5.74) is -0.464. The van der Waals surface area contributed by atoms with Crippen molar-refractivity contribution in [3.8, 4) is 16.9 Å². The molecule has 0 saturated heterocycles. The van der Waals surface area contributed by atoms with Crippen LogP contribution in [0.2, 0.25) is 10.0 Å². The number of hydrogen-bond acceptors (Lipinski definition) is 1. The van der Waals surface area contributed by atoms with Crippen LogP contribution < -0.4 is 0 Å². The minimum Gasteiger partial charge on any atom is -0.508 e. The van der Waals surface area contributed by atoms with Crippen LogP contribution in [0.4, 0.5) is 13.2 Å². The van der Waals surface area contributed by atoms with Crippen LogP contribution in [-0.2, 0) is 6.18 Å². The first-order valence-corrected chi connectivity index (χ1v) is 5.90. The molecule has 0 radical (unpaired) electrons. The van der Waals surface area contributed by atoms with E-state index in [2.05, 4.69) is 0 Å². The average Bonchev–Trinajstić information content (AvgIpc) is 2.31. The maximum absolute atomic E-state index is 12.7. The van der Waals surface area contributed by atoms with Gasteiger partial charge in [-0.3, -0.25) is 0 Å². The van der Waals surface area contributed by atoms with Crippen molar-refractivity contribution < 1.29 is 18.3 Å². The zero-order valence-corrected chi connectivity index (χ0v) is 10.8. The van der Waals surface area contributed by atoms with Crippen LogP contribution in [0.15, 0.2) is 36.4 Å². The van der Waals surface area contributed by atoms with Gasteiger partial charge in [-0.05, 0) is 29.8 Å². The minimum absolute atomic E-state index is 0.142. The van der Waals surface area contributed by atoms with E-state index in [1.54, 1.807) is 6.07 Å². The van der Waals surface area contributed by atoms with Gasteiger partial charge in [-0.25, -0.2) is 0 Å². The van der Waals surface area contributed by atoms with Crippen LogP contribution in [0, 0.1) is 0 Å². The smallest absolute Gasteiger partial charge is 0.416 e. The Morgan fingerprint density at radius 3 is 2.32 bits per heavy atom. The zero-order valence-electron chi connectivity index (χ0n) is 9.30. The maximum Gasteiger partial charge on any atom is 0.416 e. The van der Waals surface area contributed by atoms with Gasteiger partial charge in [0.2, 0.25) is 0 Å². The summed E-state index contributed by atoms with van der Waals surface area (Å²) in [6, 6.07) is 7.40. The fourth-order valence-corrected chi connectivity index (χ4v) is 2.07. The highest BCUT2D eigenvalue weighted by atomic mass is 35.5. The molecule has 2 aromatic carbocycles. The molecule has 2 aromatic rings. The lowest BCUT2D eigenvalue weighted by molar-refractivity contribution is -0.137. The molecule has 0 atom stereocenters. The Kier molecular flexibility index (Phi) is 3.65. The van der Waals surface area contributed by atoms with E-state index in [0.717, 1.165) is 6.07 Å². The van der Waals surface area contributed by atoms with Gasteiger partial charge in [-0.15, -0.1) is 0 Å². The number of benzene rings is 2. The molecule has 19 heavy (non-hydrogen) atoms. The number of phenols is 1. The molecule has 2 rings (SSSR count). The molecule has 0 heterocycles. The van der Waals surface area contributed by atoms with E-state index in [4.69, 9.17) is 23.2 Å². The van der Waals surface area contributed by atoms with Crippen LogP contribution in [0.1, 0.15) is 5.56 Å². The molecule has 6 heteroatoms. The Bertz CT molecular complexity index is 624. The summed E-state index contributed by atoms with van der Waals surface area (Å²) in [5, 5.41) is 9.78. The number of halogens is 5. The number of aromatic hydroxyl groups is 1. The first-order chi connectivity index (χ1) is 8.79. The summed E-state index contributed by atoms with van der Waals surface area (Å²) < 4.78 is 38.0. The summed E-state index contributed by atoms with van der Waals surface area (Å²) in [6.45, 7) is 0. The van der Waals surface area contributed by atoms with Gasteiger partial charge < -0.3 is 5.11 Å². The van der Waals surface area contributed by atoms with Gasteiger partial charge in [0.15, 0.2) is 0 Å². The Morgan fingerprint density at radius 2 is 1.68 bits per heavy atom. The highest BCUT2D eigenvalue weighted by Gasteiger charge is 2.31. The molecular formula is C13H7Cl2F3O. The largest absolute Gasteiger partial charge is 0.508 e. The molecule has 0 fully saturated rings. The fourth-order valence-electron chi connectivity index (χ4n) is 1.66. The number of hydrogen-bond donors (Lipinski definition) is 1. The molecule has 100 valence electrons. The summed E-state index contributed by atoms with van der Waals surface area (Å²) >= 11 is 11.8. The molecule has 1 N–H and O–H groups in total. The summed E-state index contributed by atoms with van der Waals surface area (Å²) in [5.74, 6) is -0.485. The predicted molar refractivity (Wildman–Crippen MR) is 68.6 cm³/mol. The van der Waals surface area contributed by atoms with Gasteiger partial charge in [0, 0.05) is 5.56 Å². The molecule has 1 nitrogen and oxygen atoms in total. The summed E-state index contributed by atoms with van der Waals surface area (Å²) in [4.78, 5) is 0. The SMILES string of the molecule is Oc1cc(-c2cccc(Cl)c2Cl)cc(C(F)(F)F)c1. The first kappa shape index (κ1) is 14.0. The van der Waals surface area contributed by atoms with E-state index in [-0.39, 0.29) is 15.6 Å². The molecule has 0 amide bonds. The van der Waals surface area contributed by atoms with Gasteiger partial charge in [-0.1, -0.05) is 35.3 Å². The Balaban J connectivity index is 2.63. The predicted octanol–water partition coefficient (Wildman–Crippen LogP) is 5.38. The van der Waals surface area contributed by atoms with E-state index >= 15 is 0 Å². The number of alkyl halides is 3. The number of rotatable bonds is 1.